The summed E-state index contributed by atoms with van der Waals surface area (Å²) in [6, 6.07) is 12.7. The van der Waals surface area contributed by atoms with Crippen molar-refractivity contribution < 1.29 is 17.6 Å². The van der Waals surface area contributed by atoms with Crippen molar-refractivity contribution in [3.05, 3.63) is 67.1 Å². The molecule has 102 valence electrons. The third-order valence-corrected chi connectivity index (χ3v) is 7.75. The van der Waals surface area contributed by atoms with E-state index < -0.39 is 37.4 Å². The van der Waals surface area contributed by atoms with Crippen LogP contribution in [0.4, 0.5) is 17.6 Å². The van der Waals surface area contributed by atoms with Crippen molar-refractivity contribution in [2.24, 2.45) is 0 Å². The van der Waals surface area contributed by atoms with E-state index >= 15 is 0 Å². The van der Waals surface area contributed by atoms with Crippen LogP contribution in [0.5, 0.6) is 0 Å². The summed E-state index contributed by atoms with van der Waals surface area (Å²) < 4.78 is 52.9. The van der Waals surface area contributed by atoms with Crippen LogP contribution in [-0.2, 0) is 6.18 Å². The Labute approximate surface area is 115 Å². The molecule has 0 atom stereocenters. The minimum atomic E-state index is -4.65. The van der Waals surface area contributed by atoms with E-state index in [1.165, 1.54) is 6.07 Å². The quantitative estimate of drug-likeness (QED) is 0.389. The molecule has 0 fully saturated rings. The molecule has 0 nitrogen and oxygen atoms in total. The molecule has 0 bridgehead atoms. The molecule has 0 unspecified atom stereocenters. The van der Waals surface area contributed by atoms with E-state index in [4.69, 9.17) is 0 Å². The topological polar surface area (TPSA) is 0 Å². The normalized spacial score (nSPS) is 12.4. The number of hydrogen-bond donors (Lipinski definition) is 0. The predicted molar refractivity (Wildman–Crippen MR) is 75.2 cm³/mol. The van der Waals surface area contributed by atoms with Gasteiger partial charge in [0, 0.05) is 0 Å². The fourth-order valence-corrected chi connectivity index (χ4v) is 5.33. The third-order valence-electron chi connectivity index (χ3n) is 2.62. The number of halogens is 5. The van der Waals surface area contributed by atoms with E-state index in [0.717, 1.165) is 15.7 Å². The van der Waals surface area contributed by atoms with Gasteiger partial charge in [-0.15, -0.1) is 0 Å². The van der Waals surface area contributed by atoms with Gasteiger partial charge < -0.3 is 0 Å². The molecule has 0 aromatic heterocycles. The minimum absolute atomic E-state index is 0.601. The number of alkyl halides is 4. The fraction of sp³-hybridized carbons (Fsp3) is 0.143. The molecule has 2 aromatic carbocycles. The second-order valence-corrected chi connectivity index (χ2v) is 9.08. The average molecular weight is 382 g/mol. The van der Waals surface area contributed by atoms with Gasteiger partial charge in [0.1, 0.15) is 0 Å². The van der Waals surface area contributed by atoms with Crippen LogP contribution in [0.2, 0.25) is 0 Å². The second-order valence-electron chi connectivity index (χ2n) is 3.89. The van der Waals surface area contributed by atoms with Crippen molar-refractivity contribution in [1.82, 2.24) is 0 Å². The monoisotopic (exact) mass is 382 g/mol. The summed E-state index contributed by atoms with van der Waals surface area (Å²) >= 11 is -1.90. The molecule has 0 aliphatic rings. The van der Waals surface area contributed by atoms with Crippen molar-refractivity contribution in [2.45, 2.75) is 6.18 Å². The van der Waals surface area contributed by atoms with E-state index in [2.05, 4.69) is 0 Å². The first-order valence-electron chi connectivity index (χ1n) is 5.41. The van der Waals surface area contributed by atoms with Crippen LogP contribution in [0.25, 0.3) is 0 Å². The van der Waals surface area contributed by atoms with Crippen LogP contribution in [0.1, 0.15) is 5.56 Å². The third kappa shape index (κ3) is 3.26. The first kappa shape index (κ1) is 14.3. The Morgan fingerprint density at radius 2 is 1.53 bits per heavy atom. The Kier molecular flexibility index (Phi) is 4.13. The number of hydrogen-bond acceptors (Lipinski definition) is 0. The van der Waals surface area contributed by atoms with Crippen LogP contribution in [0.3, 0.4) is 0 Å². The molecule has 5 heteroatoms. The van der Waals surface area contributed by atoms with Crippen LogP contribution in [0.15, 0.2) is 48.5 Å². The number of rotatable bonds is 2. The van der Waals surface area contributed by atoms with Gasteiger partial charge >= 0.3 is 116 Å². The Balaban J connectivity index is 2.42. The van der Waals surface area contributed by atoms with Gasteiger partial charge in [-0.05, 0) is 0 Å². The zero-order valence-electron chi connectivity index (χ0n) is 10.0. The number of benzene rings is 2. The molecule has 0 saturated heterocycles. The van der Waals surface area contributed by atoms with E-state index in [1.807, 2.05) is 35.3 Å². The summed E-state index contributed by atoms with van der Waals surface area (Å²) in [5.74, 6) is -1.21. The summed E-state index contributed by atoms with van der Waals surface area (Å²) in [5, 5.41) is 0. The molecule has 19 heavy (non-hydrogen) atoms. The molecule has 2 aromatic rings. The summed E-state index contributed by atoms with van der Waals surface area (Å²) in [4.78, 5) is 1.95. The molecule has 0 spiro atoms. The Bertz CT molecular complexity index is 563. The molecule has 0 heterocycles. The molecule has 0 N–H and O–H groups in total. The maximum atomic E-state index is 13.2. The standard InChI is InChI=1S/C14H11F4I/c1-19(10-5-3-2-4-6-10)11-7-8-13(15)12(9-11)14(16,17)18/h2-9H,1H3. The van der Waals surface area contributed by atoms with E-state index in [0.29, 0.717) is 3.57 Å². The van der Waals surface area contributed by atoms with Crippen molar-refractivity contribution >= 4 is 19.8 Å². The first-order chi connectivity index (χ1) is 8.89. The van der Waals surface area contributed by atoms with Gasteiger partial charge in [-0.1, -0.05) is 0 Å². The molecular formula is C14H11F4I. The molecule has 2 rings (SSSR count). The van der Waals surface area contributed by atoms with Crippen LogP contribution >= 0.6 is 19.8 Å². The van der Waals surface area contributed by atoms with E-state index in [-0.39, 0.29) is 0 Å². The Morgan fingerprint density at radius 1 is 0.895 bits per heavy atom. The summed E-state index contributed by atoms with van der Waals surface area (Å²) in [6.07, 6.45) is -4.65. The SMILES string of the molecule is CI(c1ccccc1)c1ccc(F)c(C(F)(F)F)c1. The molecule has 0 radical (unpaired) electrons. The zero-order valence-corrected chi connectivity index (χ0v) is 12.2. The van der Waals surface area contributed by atoms with Crippen molar-refractivity contribution in [1.29, 1.82) is 0 Å². The van der Waals surface area contributed by atoms with Crippen molar-refractivity contribution in [3.8, 4) is 0 Å². The summed E-state index contributed by atoms with van der Waals surface area (Å²) in [6.45, 7) is 0. The predicted octanol–water partition coefficient (Wildman–Crippen LogP) is 5.02. The molecule has 0 amide bonds. The molecule has 0 aliphatic carbocycles. The first-order valence-corrected chi connectivity index (χ1v) is 9.73. The van der Waals surface area contributed by atoms with Gasteiger partial charge in [0.15, 0.2) is 0 Å². The van der Waals surface area contributed by atoms with Gasteiger partial charge in [0.05, 0.1) is 0 Å². The summed E-state index contributed by atoms with van der Waals surface area (Å²) in [7, 11) is 0. The zero-order chi connectivity index (χ0) is 14.0. The molecular weight excluding hydrogens is 371 g/mol. The van der Waals surface area contributed by atoms with Gasteiger partial charge in [0.25, 0.3) is 0 Å². The van der Waals surface area contributed by atoms with Gasteiger partial charge in [0.2, 0.25) is 0 Å². The fourth-order valence-electron chi connectivity index (χ4n) is 1.62. The Morgan fingerprint density at radius 3 is 2.11 bits per heavy atom. The van der Waals surface area contributed by atoms with Crippen LogP contribution < -0.4 is 0 Å². The average Bonchev–Trinajstić information content (AvgIpc) is 2.38. The van der Waals surface area contributed by atoms with Crippen molar-refractivity contribution in [2.75, 3.05) is 4.93 Å². The van der Waals surface area contributed by atoms with Gasteiger partial charge in [-0.3, -0.25) is 0 Å². The summed E-state index contributed by atoms with van der Waals surface area (Å²) in [5.41, 5.74) is -1.18. The Hall–Kier alpha value is -1.11. The van der Waals surface area contributed by atoms with Crippen LogP contribution in [-0.4, -0.2) is 4.93 Å². The van der Waals surface area contributed by atoms with E-state index in [9.17, 15) is 17.6 Å². The van der Waals surface area contributed by atoms with E-state index in [1.54, 1.807) is 0 Å². The van der Waals surface area contributed by atoms with Gasteiger partial charge in [-0.2, -0.15) is 0 Å². The molecule has 0 aliphatic heterocycles. The molecule has 0 saturated carbocycles. The second kappa shape index (κ2) is 5.48. The van der Waals surface area contributed by atoms with Gasteiger partial charge in [-0.25, -0.2) is 0 Å². The van der Waals surface area contributed by atoms with Crippen LogP contribution in [0, 0.1) is 13.0 Å². The maximum absolute atomic E-state index is 13.2. The van der Waals surface area contributed by atoms with Crippen molar-refractivity contribution in [3.63, 3.8) is 0 Å².